The average Bonchev–Trinajstić information content (AvgIpc) is 3.31. The number of methoxy groups -OCH3 is 1. The van der Waals surface area contributed by atoms with Crippen molar-refractivity contribution in [3.05, 3.63) is 94.5 Å². The summed E-state index contributed by atoms with van der Waals surface area (Å²) in [6.07, 6.45) is 1.80. The first-order chi connectivity index (χ1) is 17.4. The summed E-state index contributed by atoms with van der Waals surface area (Å²) in [6, 6.07) is 21.3. The lowest BCUT2D eigenvalue weighted by Gasteiger charge is -2.15. The van der Waals surface area contributed by atoms with Crippen LogP contribution in [0, 0.1) is 6.92 Å². The minimum atomic E-state index is -0.104. The van der Waals surface area contributed by atoms with Gasteiger partial charge in [-0.1, -0.05) is 30.0 Å². The summed E-state index contributed by atoms with van der Waals surface area (Å²) in [5.74, 6) is 1.88. The molecule has 5 rings (SSSR count). The third-order valence-corrected chi connectivity index (χ3v) is 6.77. The molecule has 2 aromatic carbocycles. The minimum Gasteiger partial charge on any atom is -0.495 e. The van der Waals surface area contributed by atoms with Crippen LogP contribution in [-0.4, -0.2) is 45.4 Å². The fourth-order valence-electron chi connectivity index (χ4n) is 3.96. The molecule has 5 aromatic rings. The Hall–Kier alpha value is -4.11. The topological polar surface area (TPSA) is 77.5 Å². The lowest BCUT2D eigenvalue weighted by atomic mass is 10.2. The Morgan fingerprint density at radius 1 is 1.00 bits per heavy atom. The van der Waals surface area contributed by atoms with Gasteiger partial charge in [0.1, 0.15) is 11.4 Å². The van der Waals surface area contributed by atoms with Crippen LogP contribution in [0.3, 0.4) is 0 Å². The van der Waals surface area contributed by atoms with Crippen molar-refractivity contribution in [2.45, 2.75) is 17.8 Å². The molecule has 0 unspecified atom stereocenters. The summed E-state index contributed by atoms with van der Waals surface area (Å²) >= 11 is 1.47. The molecular formula is C27H26N6O2S. The molecule has 3 aromatic heterocycles. The quantitative estimate of drug-likeness (QED) is 0.303. The maximum Gasteiger partial charge on any atom is 0.258 e. The molecule has 182 valence electrons. The highest BCUT2D eigenvalue weighted by Crippen LogP contribution is 2.33. The van der Waals surface area contributed by atoms with Gasteiger partial charge >= 0.3 is 0 Å². The Bertz CT molecular complexity index is 1590. The molecule has 36 heavy (non-hydrogen) atoms. The van der Waals surface area contributed by atoms with E-state index in [0.29, 0.717) is 33.8 Å². The monoisotopic (exact) mass is 498 g/mol. The van der Waals surface area contributed by atoms with Crippen molar-refractivity contribution in [1.29, 1.82) is 0 Å². The molecule has 0 aliphatic rings. The zero-order valence-corrected chi connectivity index (χ0v) is 21.4. The Morgan fingerprint density at radius 2 is 1.78 bits per heavy atom. The van der Waals surface area contributed by atoms with Gasteiger partial charge in [0, 0.05) is 43.4 Å². The number of hydrogen-bond donors (Lipinski definition) is 0. The van der Waals surface area contributed by atoms with Crippen molar-refractivity contribution in [2.24, 2.45) is 0 Å². The second kappa shape index (κ2) is 9.87. The Balaban J connectivity index is 1.55. The Labute approximate surface area is 213 Å². The van der Waals surface area contributed by atoms with Crippen molar-refractivity contribution in [1.82, 2.24) is 24.1 Å². The van der Waals surface area contributed by atoms with E-state index in [1.165, 1.54) is 11.8 Å². The van der Waals surface area contributed by atoms with Gasteiger partial charge in [-0.25, -0.2) is 4.98 Å². The van der Waals surface area contributed by atoms with Crippen LogP contribution < -0.4 is 15.2 Å². The molecule has 8 nitrogen and oxygen atoms in total. The van der Waals surface area contributed by atoms with Crippen molar-refractivity contribution >= 4 is 23.1 Å². The zero-order chi connectivity index (χ0) is 25.2. The number of ether oxygens (including phenoxy) is 1. The molecule has 3 heterocycles. The number of anilines is 1. The number of hydrogen-bond acceptors (Lipinski definition) is 7. The molecule has 0 saturated heterocycles. The summed E-state index contributed by atoms with van der Waals surface area (Å²) < 4.78 is 9.21. The molecule has 0 fully saturated rings. The lowest BCUT2D eigenvalue weighted by molar-refractivity contribution is 0.412. The molecule has 0 aliphatic carbocycles. The number of aryl methyl sites for hydroxylation is 1. The van der Waals surface area contributed by atoms with Gasteiger partial charge < -0.3 is 9.64 Å². The fraction of sp³-hybridized carbons (Fsp3) is 0.185. The fourth-order valence-corrected chi connectivity index (χ4v) is 4.80. The van der Waals surface area contributed by atoms with Crippen LogP contribution >= 0.6 is 11.8 Å². The van der Waals surface area contributed by atoms with Gasteiger partial charge in [0.15, 0.2) is 11.0 Å². The predicted octanol–water partition coefficient (Wildman–Crippen LogP) is 4.62. The predicted molar refractivity (Wildman–Crippen MR) is 143 cm³/mol. The number of aromatic nitrogens is 5. The average molecular weight is 499 g/mol. The van der Waals surface area contributed by atoms with E-state index < -0.39 is 0 Å². The van der Waals surface area contributed by atoms with E-state index in [-0.39, 0.29) is 5.56 Å². The van der Waals surface area contributed by atoms with Gasteiger partial charge in [0.05, 0.1) is 18.5 Å². The van der Waals surface area contributed by atoms with Crippen molar-refractivity contribution in [2.75, 3.05) is 26.1 Å². The van der Waals surface area contributed by atoms with Gasteiger partial charge in [0.25, 0.3) is 5.56 Å². The van der Waals surface area contributed by atoms with Crippen LogP contribution in [0.2, 0.25) is 0 Å². The van der Waals surface area contributed by atoms with E-state index >= 15 is 0 Å². The largest absolute Gasteiger partial charge is 0.495 e. The van der Waals surface area contributed by atoms with Crippen LogP contribution in [0.25, 0.3) is 22.7 Å². The highest BCUT2D eigenvalue weighted by molar-refractivity contribution is 7.98. The van der Waals surface area contributed by atoms with E-state index in [2.05, 4.69) is 32.2 Å². The molecule has 0 bridgehead atoms. The van der Waals surface area contributed by atoms with Gasteiger partial charge in [-0.05, 0) is 55.0 Å². The highest BCUT2D eigenvalue weighted by atomic mass is 32.2. The molecule has 0 atom stereocenters. The molecule has 0 spiro atoms. The molecule has 0 radical (unpaired) electrons. The summed E-state index contributed by atoms with van der Waals surface area (Å²) in [5, 5.41) is 9.73. The van der Waals surface area contributed by atoms with Crippen LogP contribution in [0.15, 0.2) is 82.9 Å². The molecule has 0 amide bonds. The number of thioether (sulfide) groups is 1. The summed E-state index contributed by atoms with van der Waals surface area (Å²) in [7, 11) is 5.67. The standard InChI is InChI=1S/C27H26N6O2S/c1-18-9-14-24-28-20(15-25(34)32(24)16-18)17-36-27-30-29-26(19-10-12-21(13-11-19)31(2)3)33(27)22-7-5-6-8-23(22)35-4/h5-16H,17H2,1-4H3. The number of fused-ring (bicyclic) bond motifs is 1. The summed E-state index contributed by atoms with van der Waals surface area (Å²) in [5.41, 5.74) is 5.07. The van der Waals surface area contributed by atoms with E-state index in [4.69, 9.17) is 4.74 Å². The third-order valence-electron chi connectivity index (χ3n) is 5.81. The van der Waals surface area contributed by atoms with Gasteiger partial charge in [-0.2, -0.15) is 0 Å². The lowest BCUT2D eigenvalue weighted by Crippen LogP contribution is -2.15. The van der Waals surface area contributed by atoms with Crippen LogP contribution in [0.5, 0.6) is 5.75 Å². The first kappa shape index (κ1) is 23.6. The Kier molecular flexibility index (Phi) is 6.47. The van der Waals surface area contributed by atoms with Crippen molar-refractivity contribution in [3.8, 4) is 22.8 Å². The first-order valence-corrected chi connectivity index (χ1v) is 12.4. The van der Waals surface area contributed by atoms with Gasteiger partial charge in [-0.3, -0.25) is 13.8 Å². The number of rotatable bonds is 7. The normalized spacial score (nSPS) is 11.1. The highest BCUT2D eigenvalue weighted by Gasteiger charge is 2.19. The maximum atomic E-state index is 12.7. The molecule has 0 N–H and O–H groups in total. The maximum absolute atomic E-state index is 12.7. The van der Waals surface area contributed by atoms with Crippen LogP contribution in [-0.2, 0) is 5.75 Å². The number of nitrogens with zero attached hydrogens (tertiary/aromatic N) is 6. The SMILES string of the molecule is COc1ccccc1-n1c(SCc2cc(=O)n3cc(C)ccc3n2)nnc1-c1ccc(N(C)C)cc1. The summed E-state index contributed by atoms with van der Waals surface area (Å²) in [6.45, 7) is 1.95. The van der Waals surface area contributed by atoms with E-state index in [9.17, 15) is 4.79 Å². The molecular weight excluding hydrogens is 472 g/mol. The van der Waals surface area contributed by atoms with E-state index in [1.807, 2.05) is 74.1 Å². The molecule has 0 aliphatic heterocycles. The zero-order valence-electron chi connectivity index (χ0n) is 20.5. The van der Waals surface area contributed by atoms with Crippen molar-refractivity contribution in [3.63, 3.8) is 0 Å². The Morgan fingerprint density at radius 3 is 2.53 bits per heavy atom. The van der Waals surface area contributed by atoms with Gasteiger partial charge in [-0.15, -0.1) is 10.2 Å². The first-order valence-electron chi connectivity index (χ1n) is 11.4. The second-order valence-corrected chi connectivity index (χ2v) is 9.51. The molecule has 9 heteroatoms. The number of para-hydroxylation sites is 2. The molecule has 0 saturated carbocycles. The van der Waals surface area contributed by atoms with Gasteiger partial charge in [0.2, 0.25) is 0 Å². The van der Waals surface area contributed by atoms with E-state index in [1.54, 1.807) is 23.8 Å². The van der Waals surface area contributed by atoms with E-state index in [0.717, 1.165) is 22.5 Å². The smallest absolute Gasteiger partial charge is 0.258 e. The third kappa shape index (κ3) is 4.57. The second-order valence-electron chi connectivity index (χ2n) is 8.56. The van der Waals surface area contributed by atoms with Crippen LogP contribution in [0.1, 0.15) is 11.3 Å². The minimum absolute atomic E-state index is 0.104. The van der Waals surface area contributed by atoms with Crippen LogP contribution in [0.4, 0.5) is 5.69 Å². The number of pyridine rings is 1. The van der Waals surface area contributed by atoms with Crippen molar-refractivity contribution < 1.29 is 4.74 Å². The number of benzene rings is 2. The summed E-state index contributed by atoms with van der Waals surface area (Å²) in [4.78, 5) is 19.4.